The van der Waals surface area contributed by atoms with Crippen LogP contribution < -0.4 is 10.2 Å². The number of hydrogen-bond donors (Lipinski definition) is 0. The number of sulfone groups is 1. The standard InChI is InChI=1S/C25H25NO6S/c1-3-11-31-18-7-5-16(6-8-18)22-21-23(27)19-13-15(2)4-9-20(19)32-24(21)25(28)26(22)17-10-12-33(29,30)14-17/h4-9,13,17,22H,3,10-12,14H2,1-2H3. The molecule has 3 heterocycles. The lowest BCUT2D eigenvalue weighted by Crippen LogP contribution is -2.40. The number of aryl methyl sites for hydroxylation is 1. The summed E-state index contributed by atoms with van der Waals surface area (Å²) in [5.74, 6) is 0.158. The maximum absolute atomic E-state index is 13.6. The Labute approximate surface area is 191 Å². The Hall–Kier alpha value is -3.13. The summed E-state index contributed by atoms with van der Waals surface area (Å²) < 4.78 is 36.1. The second kappa shape index (κ2) is 8.02. The molecule has 3 aromatic rings. The fourth-order valence-corrected chi connectivity index (χ4v) is 6.48. The van der Waals surface area contributed by atoms with Gasteiger partial charge in [-0.2, -0.15) is 0 Å². The van der Waals surface area contributed by atoms with Gasteiger partial charge in [-0.15, -0.1) is 0 Å². The van der Waals surface area contributed by atoms with E-state index in [0.29, 0.717) is 29.7 Å². The van der Waals surface area contributed by atoms with E-state index in [1.807, 2.05) is 44.2 Å². The quantitative estimate of drug-likeness (QED) is 0.569. The summed E-state index contributed by atoms with van der Waals surface area (Å²) in [4.78, 5) is 28.7. The van der Waals surface area contributed by atoms with E-state index in [-0.39, 0.29) is 28.3 Å². The number of ether oxygens (including phenoxy) is 1. The van der Waals surface area contributed by atoms with Crippen molar-refractivity contribution in [3.05, 3.63) is 75.1 Å². The SMILES string of the molecule is CCCOc1ccc(C2c3c(oc4ccc(C)cc4c3=O)C(=O)N2C2CCS(=O)(=O)C2)cc1. The summed E-state index contributed by atoms with van der Waals surface area (Å²) in [6, 6.07) is 11.3. The molecule has 7 nitrogen and oxygen atoms in total. The maximum Gasteiger partial charge on any atom is 0.291 e. The molecule has 0 radical (unpaired) electrons. The fourth-order valence-electron chi connectivity index (χ4n) is 4.77. The van der Waals surface area contributed by atoms with Gasteiger partial charge in [-0.25, -0.2) is 8.42 Å². The van der Waals surface area contributed by atoms with E-state index in [1.54, 1.807) is 12.1 Å². The lowest BCUT2D eigenvalue weighted by Gasteiger charge is -2.30. The summed E-state index contributed by atoms with van der Waals surface area (Å²) in [7, 11) is -3.24. The van der Waals surface area contributed by atoms with Gasteiger partial charge in [0.15, 0.2) is 15.3 Å². The average Bonchev–Trinajstić information content (AvgIpc) is 3.29. The van der Waals surface area contributed by atoms with Crippen LogP contribution >= 0.6 is 0 Å². The predicted molar refractivity (Wildman–Crippen MR) is 125 cm³/mol. The number of benzene rings is 2. The molecule has 172 valence electrons. The van der Waals surface area contributed by atoms with Gasteiger partial charge in [-0.3, -0.25) is 9.59 Å². The largest absolute Gasteiger partial charge is 0.494 e. The zero-order chi connectivity index (χ0) is 23.3. The Morgan fingerprint density at radius 1 is 1.12 bits per heavy atom. The van der Waals surface area contributed by atoms with E-state index in [1.165, 1.54) is 4.90 Å². The van der Waals surface area contributed by atoms with Gasteiger partial charge in [-0.1, -0.05) is 30.7 Å². The van der Waals surface area contributed by atoms with Crippen LogP contribution in [0.4, 0.5) is 0 Å². The molecule has 0 bridgehead atoms. The molecule has 2 aliphatic rings. The average molecular weight is 468 g/mol. The van der Waals surface area contributed by atoms with Crippen LogP contribution in [0.5, 0.6) is 5.75 Å². The lowest BCUT2D eigenvalue weighted by molar-refractivity contribution is 0.0662. The molecule has 5 rings (SSSR count). The second-order valence-corrected chi connectivity index (χ2v) is 11.0. The van der Waals surface area contributed by atoms with Crippen LogP contribution in [0, 0.1) is 6.92 Å². The Morgan fingerprint density at radius 3 is 2.55 bits per heavy atom. The van der Waals surface area contributed by atoms with Crippen LogP contribution in [-0.4, -0.2) is 43.4 Å². The zero-order valence-corrected chi connectivity index (χ0v) is 19.4. The molecule has 8 heteroatoms. The molecule has 1 saturated heterocycles. The number of nitrogens with zero attached hydrogens (tertiary/aromatic N) is 1. The number of carbonyl (C=O) groups excluding carboxylic acids is 1. The van der Waals surface area contributed by atoms with Crippen LogP contribution in [0.15, 0.2) is 51.7 Å². The van der Waals surface area contributed by atoms with Gasteiger partial charge in [0.2, 0.25) is 5.76 Å². The third kappa shape index (κ3) is 3.72. The van der Waals surface area contributed by atoms with Crippen molar-refractivity contribution in [2.45, 2.75) is 38.8 Å². The monoisotopic (exact) mass is 467 g/mol. The number of rotatable bonds is 5. The van der Waals surface area contributed by atoms with E-state index < -0.39 is 27.8 Å². The van der Waals surface area contributed by atoms with Gasteiger partial charge in [0.05, 0.1) is 35.1 Å². The molecular formula is C25H25NO6S. The van der Waals surface area contributed by atoms with Gasteiger partial charge in [0.25, 0.3) is 5.91 Å². The highest BCUT2D eigenvalue weighted by Crippen LogP contribution is 2.41. The third-order valence-corrected chi connectivity index (χ3v) is 8.08. The summed E-state index contributed by atoms with van der Waals surface area (Å²) in [5.41, 5.74) is 1.98. The van der Waals surface area contributed by atoms with E-state index in [2.05, 4.69) is 0 Å². The first kappa shape index (κ1) is 21.7. The van der Waals surface area contributed by atoms with E-state index >= 15 is 0 Å². The normalized spacial score (nSPS) is 21.5. The first-order chi connectivity index (χ1) is 15.8. The Kier molecular flexibility index (Phi) is 5.28. The van der Waals surface area contributed by atoms with Crippen LogP contribution in [0.1, 0.15) is 53.1 Å². The minimum Gasteiger partial charge on any atom is -0.494 e. The lowest BCUT2D eigenvalue weighted by atomic mass is 9.97. The van der Waals surface area contributed by atoms with Gasteiger partial charge in [0, 0.05) is 6.04 Å². The van der Waals surface area contributed by atoms with Gasteiger partial charge in [-0.05, 0) is 49.6 Å². The molecule has 2 aromatic carbocycles. The summed E-state index contributed by atoms with van der Waals surface area (Å²) in [5, 5.41) is 0.412. The molecule has 0 N–H and O–H groups in total. The zero-order valence-electron chi connectivity index (χ0n) is 18.5. The van der Waals surface area contributed by atoms with Gasteiger partial charge >= 0.3 is 0 Å². The molecular weight excluding hydrogens is 442 g/mol. The molecule has 0 spiro atoms. The summed E-state index contributed by atoms with van der Waals surface area (Å²) in [6.45, 7) is 4.50. The van der Waals surface area contributed by atoms with Crippen molar-refractivity contribution in [3.8, 4) is 5.75 Å². The van der Waals surface area contributed by atoms with E-state index in [4.69, 9.17) is 9.15 Å². The summed E-state index contributed by atoms with van der Waals surface area (Å²) in [6.07, 6.45) is 1.22. The molecule has 2 aliphatic heterocycles. The van der Waals surface area contributed by atoms with E-state index in [0.717, 1.165) is 17.5 Å². The fraction of sp³-hybridized carbons (Fsp3) is 0.360. The van der Waals surface area contributed by atoms with Gasteiger partial charge < -0.3 is 14.1 Å². The highest BCUT2D eigenvalue weighted by molar-refractivity contribution is 7.91. The Balaban J connectivity index is 1.68. The van der Waals surface area contributed by atoms with Crippen molar-refractivity contribution >= 4 is 26.7 Å². The third-order valence-electron chi connectivity index (χ3n) is 6.33. The van der Waals surface area contributed by atoms with Crippen molar-refractivity contribution in [1.29, 1.82) is 0 Å². The van der Waals surface area contributed by atoms with Crippen molar-refractivity contribution in [2.24, 2.45) is 0 Å². The molecule has 1 aromatic heterocycles. The summed E-state index contributed by atoms with van der Waals surface area (Å²) >= 11 is 0. The van der Waals surface area contributed by atoms with Crippen molar-refractivity contribution in [3.63, 3.8) is 0 Å². The Morgan fingerprint density at radius 2 is 1.88 bits per heavy atom. The van der Waals surface area contributed by atoms with Crippen LogP contribution in [0.25, 0.3) is 11.0 Å². The topological polar surface area (TPSA) is 93.9 Å². The van der Waals surface area contributed by atoms with Crippen molar-refractivity contribution in [2.75, 3.05) is 18.1 Å². The Bertz CT molecular complexity index is 1410. The molecule has 0 saturated carbocycles. The number of carbonyl (C=O) groups is 1. The van der Waals surface area contributed by atoms with Crippen LogP contribution in [-0.2, 0) is 9.84 Å². The molecule has 2 unspecified atom stereocenters. The van der Waals surface area contributed by atoms with Crippen molar-refractivity contribution < 1.29 is 22.4 Å². The first-order valence-electron chi connectivity index (χ1n) is 11.1. The molecule has 33 heavy (non-hydrogen) atoms. The maximum atomic E-state index is 13.6. The van der Waals surface area contributed by atoms with Crippen molar-refractivity contribution in [1.82, 2.24) is 4.90 Å². The van der Waals surface area contributed by atoms with Gasteiger partial charge in [0.1, 0.15) is 11.3 Å². The van der Waals surface area contributed by atoms with Crippen LogP contribution in [0.3, 0.4) is 0 Å². The smallest absolute Gasteiger partial charge is 0.291 e. The number of fused-ring (bicyclic) bond motifs is 2. The molecule has 1 amide bonds. The van der Waals surface area contributed by atoms with E-state index in [9.17, 15) is 18.0 Å². The minimum absolute atomic E-state index is 0.00281. The second-order valence-electron chi connectivity index (χ2n) is 8.76. The predicted octanol–water partition coefficient (Wildman–Crippen LogP) is 3.62. The highest BCUT2D eigenvalue weighted by atomic mass is 32.2. The first-order valence-corrected chi connectivity index (χ1v) is 12.9. The molecule has 2 atom stereocenters. The number of amides is 1. The minimum atomic E-state index is -3.24. The molecule has 0 aliphatic carbocycles. The highest BCUT2D eigenvalue weighted by Gasteiger charge is 2.48. The van der Waals surface area contributed by atoms with Crippen LogP contribution in [0.2, 0.25) is 0 Å². The molecule has 1 fully saturated rings. The number of hydrogen-bond acceptors (Lipinski definition) is 6.